The predicted octanol–water partition coefficient (Wildman–Crippen LogP) is 3.05. The van der Waals surface area contributed by atoms with Crippen LogP contribution < -0.4 is 5.32 Å². The molecule has 1 heterocycles. The number of aryl methyl sites for hydroxylation is 2. The first-order valence-electron chi connectivity index (χ1n) is 8.00. The van der Waals surface area contributed by atoms with Gasteiger partial charge < -0.3 is 9.88 Å². The maximum atomic E-state index is 11.9. The fourth-order valence-electron chi connectivity index (χ4n) is 2.46. The van der Waals surface area contributed by atoms with Crippen molar-refractivity contribution in [2.75, 3.05) is 6.54 Å². The third-order valence-electron chi connectivity index (χ3n) is 3.78. The van der Waals surface area contributed by atoms with E-state index in [2.05, 4.69) is 41.5 Å². The number of benzene rings is 1. The molecule has 4 nitrogen and oxygen atoms in total. The van der Waals surface area contributed by atoms with Gasteiger partial charge in [0.2, 0.25) is 5.91 Å². The molecule has 1 amide bonds. The molecule has 0 unspecified atom stereocenters. The summed E-state index contributed by atoms with van der Waals surface area (Å²) in [5.41, 5.74) is 1.34. The molecule has 0 aliphatic carbocycles. The van der Waals surface area contributed by atoms with E-state index in [4.69, 9.17) is 0 Å². The summed E-state index contributed by atoms with van der Waals surface area (Å²) in [6.07, 6.45) is 9.13. The van der Waals surface area contributed by atoms with Gasteiger partial charge in [0.15, 0.2) is 0 Å². The molecule has 0 aliphatic heterocycles. The quantitative estimate of drug-likeness (QED) is 0.723. The molecule has 2 aromatic rings. The Labute approximate surface area is 132 Å². The van der Waals surface area contributed by atoms with Gasteiger partial charge in [0.05, 0.1) is 6.33 Å². The number of carbonyl (C=O) groups excluding carboxylic acids is 1. The summed E-state index contributed by atoms with van der Waals surface area (Å²) in [6.45, 7) is 3.76. The van der Waals surface area contributed by atoms with E-state index in [-0.39, 0.29) is 5.91 Å². The average molecular weight is 299 g/mol. The summed E-state index contributed by atoms with van der Waals surface area (Å²) in [5, 5.41) is 3.00. The maximum Gasteiger partial charge on any atom is 0.220 e. The Morgan fingerprint density at radius 3 is 2.86 bits per heavy atom. The largest absolute Gasteiger partial charge is 0.356 e. The number of hydrogen-bond donors (Lipinski definition) is 1. The van der Waals surface area contributed by atoms with Gasteiger partial charge in [-0.1, -0.05) is 37.3 Å². The molecule has 0 fully saturated rings. The molecule has 2 rings (SSSR count). The Balaban J connectivity index is 1.56. The van der Waals surface area contributed by atoms with Gasteiger partial charge in [-0.3, -0.25) is 4.79 Å². The lowest BCUT2D eigenvalue weighted by Gasteiger charge is -2.12. The van der Waals surface area contributed by atoms with E-state index in [1.807, 2.05) is 16.8 Å². The van der Waals surface area contributed by atoms with Gasteiger partial charge in [-0.15, -0.1) is 0 Å². The van der Waals surface area contributed by atoms with Crippen LogP contribution in [0.5, 0.6) is 0 Å². The van der Waals surface area contributed by atoms with Crippen molar-refractivity contribution in [1.82, 2.24) is 14.9 Å². The monoisotopic (exact) mass is 299 g/mol. The lowest BCUT2D eigenvalue weighted by molar-refractivity contribution is -0.121. The zero-order valence-corrected chi connectivity index (χ0v) is 13.2. The van der Waals surface area contributed by atoms with Crippen LogP contribution in [0, 0.1) is 5.92 Å². The first kappa shape index (κ1) is 16.3. The molecule has 22 heavy (non-hydrogen) atoms. The van der Waals surface area contributed by atoms with E-state index in [0.29, 0.717) is 12.3 Å². The minimum atomic E-state index is 0.159. The Morgan fingerprint density at radius 2 is 2.14 bits per heavy atom. The van der Waals surface area contributed by atoms with E-state index in [1.165, 1.54) is 5.56 Å². The smallest absolute Gasteiger partial charge is 0.220 e. The predicted molar refractivity (Wildman–Crippen MR) is 88.4 cm³/mol. The molecule has 4 heteroatoms. The molecule has 1 aromatic heterocycles. The Morgan fingerprint density at radius 1 is 1.32 bits per heavy atom. The molecule has 0 aliphatic rings. The van der Waals surface area contributed by atoms with E-state index >= 15 is 0 Å². The molecular formula is C18H25N3O. The molecule has 0 radical (unpaired) electrons. The van der Waals surface area contributed by atoms with Gasteiger partial charge in [0.1, 0.15) is 0 Å². The van der Waals surface area contributed by atoms with Crippen LogP contribution in [-0.4, -0.2) is 22.0 Å². The molecule has 0 saturated heterocycles. The second kappa shape index (κ2) is 9.03. The number of aromatic nitrogens is 2. The summed E-state index contributed by atoms with van der Waals surface area (Å²) in [6, 6.07) is 10.4. The van der Waals surface area contributed by atoms with Gasteiger partial charge in [-0.25, -0.2) is 4.98 Å². The molecular weight excluding hydrogens is 274 g/mol. The van der Waals surface area contributed by atoms with Crippen LogP contribution in [0.1, 0.15) is 31.7 Å². The third kappa shape index (κ3) is 6.12. The van der Waals surface area contributed by atoms with Gasteiger partial charge in [0.25, 0.3) is 0 Å². The summed E-state index contributed by atoms with van der Waals surface area (Å²) in [4.78, 5) is 15.9. The van der Waals surface area contributed by atoms with Crippen molar-refractivity contribution in [1.29, 1.82) is 0 Å². The van der Waals surface area contributed by atoms with Crippen molar-refractivity contribution in [3.8, 4) is 0 Å². The number of nitrogens with one attached hydrogen (secondary N) is 1. The van der Waals surface area contributed by atoms with Crippen LogP contribution in [0.2, 0.25) is 0 Å². The highest BCUT2D eigenvalue weighted by Gasteiger charge is 2.08. The van der Waals surface area contributed by atoms with Crippen LogP contribution in [0.3, 0.4) is 0 Å². The number of imidazole rings is 1. The minimum absolute atomic E-state index is 0.159. The average Bonchev–Trinajstić information content (AvgIpc) is 3.04. The standard InChI is InChI=1S/C18H25N3O/c1-16(8-9-17-6-3-2-4-7-17)14-18(22)20-10-5-12-21-13-11-19-15-21/h2-4,6-7,11,13,15-16H,5,8-10,12,14H2,1H3,(H,20,22)/t16-/m0/s1. The first-order chi connectivity index (χ1) is 10.7. The minimum Gasteiger partial charge on any atom is -0.356 e. The van der Waals surface area contributed by atoms with Crippen molar-refractivity contribution >= 4 is 5.91 Å². The highest BCUT2D eigenvalue weighted by atomic mass is 16.1. The lowest BCUT2D eigenvalue weighted by Crippen LogP contribution is -2.26. The Bertz CT molecular complexity index is 537. The van der Waals surface area contributed by atoms with Gasteiger partial charge in [-0.05, 0) is 30.7 Å². The van der Waals surface area contributed by atoms with Crippen LogP contribution in [0.25, 0.3) is 0 Å². The normalized spacial score (nSPS) is 12.0. The second-order valence-electron chi connectivity index (χ2n) is 5.84. The maximum absolute atomic E-state index is 11.9. The Kier molecular flexibility index (Phi) is 6.68. The zero-order chi connectivity index (χ0) is 15.6. The van der Waals surface area contributed by atoms with E-state index in [1.54, 1.807) is 12.5 Å². The fraction of sp³-hybridized carbons (Fsp3) is 0.444. The number of hydrogen-bond acceptors (Lipinski definition) is 2. The fourth-order valence-corrected chi connectivity index (χ4v) is 2.46. The van der Waals surface area contributed by atoms with E-state index in [9.17, 15) is 4.79 Å². The van der Waals surface area contributed by atoms with Crippen molar-refractivity contribution in [2.24, 2.45) is 5.92 Å². The van der Waals surface area contributed by atoms with E-state index < -0.39 is 0 Å². The molecule has 1 atom stereocenters. The topological polar surface area (TPSA) is 46.9 Å². The summed E-state index contributed by atoms with van der Waals surface area (Å²) >= 11 is 0. The van der Waals surface area contributed by atoms with Gasteiger partial charge in [-0.2, -0.15) is 0 Å². The number of nitrogens with zero attached hydrogens (tertiary/aromatic N) is 2. The van der Waals surface area contributed by atoms with Crippen molar-refractivity contribution in [3.63, 3.8) is 0 Å². The molecule has 1 N–H and O–H groups in total. The number of amides is 1. The number of carbonyl (C=O) groups is 1. The van der Waals surface area contributed by atoms with Crippen molar-refractivity contribution in [2.45, 2.75) is 39.2 Å². The van der Waals surface area contributed by atoms with Crippen LogP contribution in [-0.2, 0) is 17.8 Å². The van der Waals surface area contributed by atoms with Crippen LogP contribution in [0.15, 0.2) is 49.1 Å². The lowest BCUT2D eigenvalue weighted by atomic mass is 9.98. The van der Waals surface area contributed by atoms with Gasteiger partial charge >= 0.3 is 0 Å². The van der Waals surface area contributed by atoms with E-state index in [0.717, 1.165) is 32.4 Å². The zero-order valence-electron chi connectivity index (χ0n) is 13.2. The molecule has 0 spiro atoms. The molecule has 0 saturated carbocycles. The molecule has 118 valence electrons. The van der Waals surface area contributed by atoms with Crippen molar-refractivity contribution < 1.29 is 4.79 Å². The summed E-state index contributed by atoms with van der Waals surface area (Å²) in [7, 11) is 0. The Hall–Kier alpha value is -2.10. The first-order valence-corrected chi connectivity index (χ1v) is 8.00. The SMILES string of the molecule is C[C@@H](CCc1ccccc1)CC(=O)NCCCn1ccnc1. The third-order valence-corrected chi connectivity index (χ3v) is 3.78. The second-order valence-corrected chi connectivity index (χ2v) is 5.84. The summed E-state index contributed by atoms with van der Waals surface area (Å²) in [5.74, 6) is 0.569. The van der Waals surface area contributed by atoms with Crippen molar-refractivity contribution in [3.05, 3.63) is 54.6 Å². The highest BCUT2D eigenvalue weighted by Crippen LogP contribution is 2.12. The van der Waals surface area contributed by atoms with Crippen LogP contribution >= 0.6 is 0 Å². The molecule has 1 aromatic carbocycles. The summed E-state index contributed by atoms with van der Waals surface area (Å²) < 4.78 is 2.02. The number of rotatable bonds is 9. The van der Waals surface area contributed by atoms with Gasteiger partial charge in [0, 0.05) is 31.9 Å². The molecule has 0 bridgehead atoms. The van der Waals surface area contributed by atoms with Crippen LogP contribution in [0.4, 0.5) is 0 Å². The highest BCUT2D eigenvalue weighted by molar-refractivity contribution is 5.76.